The summed E-state index contributed by atoms with van der Waals surface area (Å²) in [6, 6.07) is 8.34. The van der Waals surface area contributed by atoms with Crippen molar-refractivity contribution < 1.29 is 9.59 Å². The summed E-state index contributed by atoms with van der Waals surface area (Å²) in [7, 11) is 0. The first-order valence-corrected chi connectivity index (χ1v) is 12.3. The molecule has 2 amide bonds. The number of benzene rings is 1. The van der Waals surface area contributed by atoms with Gasteiger partial charge in [0.2, 0.25) is 11.8 Å². The molecule has 2 fully saturated rings. The Morgan fingerprint density at radius 1 is 1.09 bits per heavy atom. The van der Waals surface area contributed by atoms with Crippen LogP contribution in [0.4, 0.5) is 0 Å². The van der Waals surface area contributed by atoms with E-state index in [0.717, 1.165) is 57.5 Å². The Labute approximate surface area is 198 Å². The van der Waals surface area contributed by atoms with E-state index in [9.17, 15) is 9.59 Å². The van der Waals surface area contributed by atoms with Crippen molar-refractivity contribution in [2.24, 2.45) is 11.7 Å². The van der Waals surface area contributed by atoms with Gasteiger partial charge in [-0.05, 0) is 56.2 Å². The number of nitrogens with two attached hydrogens (primary N) is 1. The largest absolute Gasteiger partial charge is 0.368 e. The van der Waals surface area contributed by atoms with Crippen LogP contribution in [0.3, 0.4) is 0 Å². The minimum Gasteiger partial charge on any atom is -0.368 e. The van der Waals surface area contributed by atoms with Crippen LogP contribution in [0, 0.1) is 12.3 Å². The Morgan fingerprint density at radius 3 is 2.31 bits per heavy atom. The van der Waals surface area contributed by atoms with Crippen molar-refractivity contribution in [3.05, 3.63) is 41.3 Å². The molecule has 2 aliphatic heterocycles. The molecule has 1 radical (unpaired) electrons. The van der Waals surface area contributed by atoms with Crippen LogP contribution in [0.1, 0.15) is 45.6 Å². The van der Waals surface area contributed by atoms with Crippen LogP contribution in [0.15, 0.2) is 24.3 Å². The van der Waals surface area contributed by atoms with Crippen LogP contribution in [-0.4, -0.2) is 77.4 Å². The van der Waals surface area contributed by atoms with Crippen molar-refractivity contribution in [3.63, 3.8) is 0 Å². The summed E-state index contributed by atoms with van der Waals surface area (Å²) in [5, 5.41) is 0.711. The molecule has 0 bridgehead atoms. The van der Waals surface area contributed by atoms with E-state index >= 15 is 0 Å². The molecular weight excluding hydrogens is 424 g/mol. The van der Waals surface area contributed by atoms with Gasteiger partial charge in [0.1, 0.15) is 0 Å². The first-order valence-electron chi connectivity index (χ1n) is 11.9. The molecule has 0 spiro atoms. The summed E-state index contributed by atoms with van der Waals surface area (Å²) in [6.07, 6.45) is 5.52. The molecule has 3 rings (SSSR count). The maximum absolute atomic E-state index is 12.8. The third-order valence-electron chi connectivity index (χ3n) is 6.87. The highest BCUT2D eigenvalue weighted by atomic mass is 35.5. The van der Waals surface area contributed by atoms with Gasteiger partial charge in [0.15, 0.2) is 0 Å². The molecule has 2 heterocycles. The van der Waals surface area contributed by atoms with Crippen LogP contribution in [0.25, 0.3) is 0 Å². The van der Waals surface area contributed by atoms with Crippen LogP contribution in [0.2, 0.25) is 5.02 Å². The van der Waals surface area contributed by atoms with Crippen molar-refractivity contribution in [1.29, 1.82) is 0 Å². The second-order valence-electron chi connectivity index (χ2n) is 9.70. The van der Waals surface area contributed by atoms with Gasteiger partial charge in [-0.15, -0.1) is 0 Å². The van der Waals surface area contributed by atoms with E-state index < -0.39 is 0 Å². The fraction of sp³-hybridized carbons (Fsp3) is 0.640. The number of amides is 2. The number of likely N-dealkylation sites (tertiary alicyclic amines) is 2. The topological polar surface area (TPSA) is 69.9 Å². The zero-order valence-corrected chi connectivity index (χ0v) is 20.4. The average molecular weight is 462 g/mol. The van der Waals surface area contributed by atoms with Crippen LogP contribution in [0.5, 0.6) is 0 Å². The number of rotatable bonds is 9. The highest BCUT2D eigenvalue weighted by Crippen LogP contribution is 2.26. The van der Waals surface area contributed by atoms with Gasteiger partial charge >= 0.3 is 0 Å². The molecule has 177 valence electrons. The average Bonchev–Trinajstić information content (AvgIpc) is 3.26. The molecule has 32 heavy (non-hydrogen) atoms. The van der Waals surface area contributed by atoms with Crippen molar-refractivity contribution in [1.82, 2.24) is 14.7 Å². The van der Waals surface area contributed by atoms with Gasteiger partial charge in [-0.3, -0.25) is 19.4 Å². The van der Waals surface area contributed by atoms with E-state index in [1.165, 1.54) is 0 Å². The predicted molar refractivity (Wildman–Crippen MR) is 129 cm³/mol. The summed E-state index contributed by atoms with van der Waals surface area (Å²) < 4.78 is 0. The Bertz CT molecular complexity index is 762. The number of piperidine rings is 1. The molecule has 0 aliphatic carbocycles. The van der Waals surface area contributed by atoms with Crippen LogP contribution < -0.4 is 5.73 Å². The third-order valence-corrected chi connectivity index (χ3v) is 7.13. The minimum absolute atomic E-state index is 0.122. The summed E-state index contributed by atoms with van der Waals surface area (Å²) in [5.41, 5.74) is 6.60. The standard InChI is InChI=1S/C25H38ClN4O2/c1-18(2)16-30(22-10-13-28(14-11-22)19(3)25(27)32)23-12-15-29(17-23)24(31)9-6-20-4-7-21(26)8-5-20/h4-5,7-9,18-19,22-23H,6,10-17H2,1-3H3,(H2,27,32)/t19-,23+/m0/s1. The van der Waals surface area contributed by atoms with Crippen LogP contribution in [-0.2, 0) is 16.0 Å². The highest BCUT2D eigenvalue weighted by molar-refractivity contribution is 6.30. The second kappa shape index (κ2) is 11.5. The summed E-state index contributed by atoms with van der Waals surface area (Å²) in [5.74, 6) is 0.443. The number of hydrogen-bond donors (Lipinski definition) is 1. The minimum atomic E-state index is -0.248. The summed E-state index contributed by atoms with van der Waals surface area (Å²) >= 11 is 5.95. The quantitative estimate of drug-likeness (QED) is 0.613. The first-order chi connectivity index (χ1) is 15.2. The zero-order chi connectivity index (χ0) is 23.3. The van der Waals surface area contributed by atoms with Crippen molar-refractivity contribution in [2.75, 3.05) is 32.7 Å². The van der Waals surface area contributed by atoms with Gasteiger partial charge in [-0.25, -0.2) is 0 Å². The number of carbonyl (C=O) groups excluding carboxylic acids is 2. The zero-order valence-electron chi connectivity index (χ0n) is 19.7. The molecule has 1 aromatic rings. The van der Waals surface area contributed by atoms with E-state index in [0.29, 0.717) is 29.4 Å². The summed E-state index contributed by atoms with van der Waals surface area (Å²) in [4.78, 5) is 31.2. The van der Waals surface area contributed by atoms with E-state index in [4.69, 9.17) is 17.3 Å². The molecule has 2 N–H and O–H groups in total. The van der Waals surface area contributed by atoms with Gasteiger partial charge in [0, 0.05) is 49.8 Å². The normalized spacial score (nSPS) is 21.4. The van der Waals surface area contributed by atoms with E-state index in [2.05, 4.69) is 23.6 Å². The summed E-state index contributed by atoms with van der Waals surface area (Å²) in [6.45, 7) is 10.9. The SMILES string of the molecule is CC(C)CN(C1CCN([C@@H](C)C(N)=O)CC1)[C@@H]1CCN(C(=O)[CH]Cc2ccc(Cl)cc2)C1. The number of primary amides is 1. The molecule has 0 saturated carbocycles. The molecule has 6 nitrogen and oxygen atoms in total. The van der Waals surface area contributed by atoms with Crippen molar-refractivity contribution in [2.45, 2.75) is 64.6 Å². The third kappa shape index (κ3) is 6.69. The van der Waals surface area contributed by atoms with Gasteiger partial charge in [0.25, 0.3) is 0 Å². The fourth-order valence-electron chi connectivity index (χ4n) is 4.97. The maximum atomic E-state index is 12.8. The molecule has 2 saturated heterocycles. The maximum Gasteiger partial charge on any atom is 0.234 e. The molecule has 2 atom stereocenters. The lowest BCUT2D eigenvalue weighted by Crippen LogP contribution is -2.54. The molecule has 7 heteroatoms. The molecule has 0 aromatic heterocycles. The number of nitrogens with zero attached hydrogens (tertiary/aromatic N) is 3. The first kappa shape index (κ1) is 25.0. The van der Waals surface area contributed by atoms with E-state index in [1.807, 2.05) is 36.1 Å². The lowest BCUT2D eigenvalue weighted by Gasteiger charge is -2.43. The number of hydrogen-bond acceptors (Lipinski definition) is 4. The Balaban J connectivity index is 1.54. The lowest BCUT2D eigenvalue weighted by molar-refractivity contribution is -0.126. The molecule has 0 unspecified atom stereocenters. The molecule has 1 aromatic carbocycles. The number of carbonyl (C=O) groups is 2. The van der Waals surface area contributed by atoms with Crippen LogP contribution >= 0.6 is 11.6 Å². The van der Waals surface area contributed by atoms with Gasteiger partial charge < -0.3 is 10.6 Å². The van der Waals surface area contributed by atoms with Crippen molar-refractivity contribution in [3.8, 4) is 0 Å². The van der Waals surface area contributed by atoms with Gasteiger partial charge in [-0.2, -0.15) is 0 Å². The van der Waals surface area contributed by atoms with E-state index in [-0.39, 0.29) is 17.9 Å². The van der Waals surface area contributed by atoms with Gasteiger partial charge in [0.05, 0.1) is 12.5 Å². The fourth-order valence-corrected chi connectivity index (χ4v) is 5.10. The second-order valence-corrected chi connectivity index (χ2v) is 10.1. The Morgan fingerprint density at radius 2 is 1.72 bits per heavy atom. The smallest absolute Gasteiger partial charge is 0.234 e. The lowest BCUT2D eigenvalue weighted by atomic mass is 9.98. The number of halogens is 1. The Kier molecular flexibility index (Phi) is 8.97. The Hall–Kier alpha value is -1.63. The van der Waals surface area contributed by atoms with E-state index in [1.54, 1.807) is 6.42 Å². The van der Waals surface area contributed by atoms with Crippen molar-refractivity contribution >= 4 is 23.4 Å². The monoisotopic (exact) mass is 461 g/mol. The predicted octanol–water partition coefficient (Wildman–Crippen LogP) is 2.98. The van der Waals surface area contributed by atoms with Gasteiger partial charge in [-0.1, -0.05) is 37.6 Å². The highest BCUT2D eigenvalue weighted by Gasteiger charge is 2.36. The molecule has 2 aliphatic rings. The molecular formula is C25H38ClN4O2.